The summed E-state index contributed by atoms with van der Waals surface area (Å²) in [6.07, 6.45) is 0.756. The van der Waals surface area contributed by atoms with Gasteiger partial charge in [-0.05, 0) is 43.2 Å². The molecule has 3 rings (SSSR count). The van der Waals surface area contributed by atoms with Crippen molar-refractivity contribution in [2.75, 3.05) is 13.7 Å². The molecule has 3 aromatic rings. The third-order valence-corrected chi connectivity index (χ3v) is 4.88. The average molecular weight is 383 g/mol. The van der Waals surface area contributed by atoms with E-state index in [1.54, 1.807) is 7.11 Å². The van der Waals surface area contributed by atoms with E-state index in [4.69, 9.17) is 9.15 Å². The van der Waals surface area contributed by atoms with Crippen LogP contribution in [0.25, 0.3) is 11.5 Å². The van der Waals surface area contributed by atoms with Gasteiger partial charge in [-0.2, -0.15) is 0 Å². The van der Waals surface area contributed by atoms with Crippen LogP contribution in [0, 0.1) is 0 Å². The number of hydrogen-bond donors (Lipinski definition) is 1. The molecule has 6 nitrogen and oxygen atoms in total. The Kier molecular flexibility index (Phi) is 6.49. The van der Waals surface area contributed by atoms with Gasteiger partial charge < -0.3 is 14.5 Å². The maximum atomic E-state index is 12.3. The Balaban J connectivity index is 1.47. The molecule has 0 unspecified atom stereocenters. The molecule has 0 aliphatic heterocycles. The number of rotatable bonds is 8. The van der Waals surface area contributed by atoms with Crippen LogP contribution in [0.2, 0.25) is 0 Å². The molecule has 2 aromatic carbocycles. The van der Waals surface area contributed by atoms with Crippen molar-refractivity contribution in [1.29, 1.82) is 0 Å². The molecule has 0 saturated heterocycles. The topological polar surface area (TPSA) is 77.2 Å². The number of amides is 1. The fraction of sp³-hybridized carbons (Fsp3) is 0.250. The number of carbonyl (C=O) groups excluding carboxylic acids is 1. The van der Waals surface area contributed by atoms with Crippen LogP contribution in [-0.4, -0.2) is 35.0 Å². The molecule has 0 aliphatic rings. The maximum Gasteiger partial charge on any atom is 0.277 e. The van der Waals surface area contributed by atoms with E-state index in [1.165, 1.54) is 11.8 Å². The second-order valence-electron chi connectivity index (χ2n) is 5.89. The molecule has 1 amide bonds. The summed E-state index contributed by atoms with van der Waals surface area (Å²) in [7, 11) is 1.64. The number of hydrogen-bond acceptors (Lipinski definition) is 6. The Morgan fingerprint density at radius 1 is 1.15 bits per heavy atom. The normalized spacial score (nSPS) is 11.8. The van der Waals surface area contributed by atoms with Gasteiger partial charge in [0.15, 0.2) is 0 Å². The van der Waals surface area contributed by atoms with Gasteiger partial charge >= 0.3 is 0 Å². The average Bonchev–Trinajstić information content (AvgIpc) is 3.17. The summed E-state index contributed by atoms with van der Waals surface area (Å²) in [6, 6.07) is 17.4. The molecule has 1 heterocycles. The van der Waals surface area contributed by atoms with Crippen LogP contribution < -0.4 is 10.1 Å². The molecular formula is C20H21N3O3S. The molecule has 1 N–H and O–H groups in total. The second kappa shape index (κ2) is 9.23. The lowest BCUT2D eigenvalue weighted by Gasteiger charge is -2.10. The maximum absolute atomic E-state index is 12.3. The fourth-order valence-electron chi connectivity index (χ4n) is 2.43. The lowest BCUT2D eigenvalue weighted by molar-refractivity contribution is -0.120. The van der Waals surface area contributed by atoms with Gasteiger partial charge in [0.25, 0.3) is 5.22 Å². The number of benzene rings is 2. The SMILES string of the molecule is COc1ccc(CCNC(=O)[C@@H](C)Sc2nnc(-c3ccccc3)o2)cc1. The van der Waals surface area contributed by atoms with Gasteiger partial charge in [0.2, 0.25) is 11.8 Å². The number of nitrogens with zero attached hydrogens (tertiary/aromatic N) is 2. The molecule has 0 fully saturated rings. The van der Waals surface area contributed by atoms with Gasteiger partial charge in [0.05, 0.1) is 12.4 Å². The van der Waals surface area contributed by atoms with Crippen molar-refractivity contribution < 1.29 is 13.9 Å². The molecule has 1 atom stereocenters. The molecule has 0 aliphatic carbocycles. The number of carbonyl (C=O) groups is 1. The fourth-order valence-corrected chi connectivity index (χ4v) is 3.13. The molecule has 1 aromatic heterocycles. The van der Waals surface area contributed by atoms with Gasteiger partial charge in [0.1, 0.15) is 5.75 Å². The molecule has 140 valence electrons. The van der Waals surface area contributed by atoms with Crippen LogP contribution >= 0.6 is 11.8 Å². The Morgan fingerprint density at radius 2 is 1.89 bits per heavy atom. The number of ether oxygens (including phenoxy) is 1. The third kappa shape index (κ3) is 5.34. The van der Waals surface area contributed by atoms with Gasteiger partial charge in [-0.1, -0.05) is 42.1 Å². The Morgan fingerprint density at radius 3 is 2.59 bits per heavy atom. The van der Waals surface area contributed by atoms with Gasteiger partial charge in [-0.15, -0.1) is 10.2 Å². The van der Waals surface area contributed by atoms with Gasteiger partial charge in [-0.3, -0.25) is 4.79 Å². The molecule has 0 spiro atoms. The first kappa shape index (κ1) is 19.0. The van der Waals surface area contributed by atoms with Crippen LogP contribution in [0.3, 0.4) is 0 Å². The number of thioether (sulfide) groups is 1. The zero-order valence-electron chi connectivity index (χ0n) is 15.2. The van der Waals surface area contributed by atoms with Crippen molar-refractivity contribution in [2.45, 2.75) is 23.8 Å². The number of methoxy groups -OCH3 is 1. The van der Waals surface area contributed by atoms with E-state index in [0.717, 1.165) is 23.3 Å². The summed E-state index contributed by atoms with van der Waals surface area (Å²) in [5, 5.41) is 11.0. The van der Waals surface area contributed by atoms with E-state index in [2.05, 4.69) is 15.5 Å². The number of nitrogens with one attached hydrogen (secondary N) is 1. The smallest absolute Gasteiger partial charge is 0.277 e. The van der Waals surface area contributed by atoms with Crippen molar-refractivity contribution in [3.63, 3.8) is 0 Å². The minimum atomic E-state index is -0.329. The summed E-state index contributed by atoms with van der Waals surface area (Å²) >= 11 is 1.25. The van der Waals surface area contributed by atoms with Crippen molar-refractivity contribution in [1.82, 2.24) is 15.5 Å². The van der Waals surface area contributed by atoms with Crippen LogP contribution in [0.5, 0.6) is 5.75 Å². The molecule has 0 bridgehead atoms. The second-order valence-corrected chi connectivity index (χ2v) is 7.18. The van der Waals surface area contributed by atoms with Crippen LogP contribution in [-0.2, 0) is 11.2 Å². The van der Waals surface area contributed by atoms with E-state index < -0.39 is 0 Å². The van der Waals surface area contributed by atoms with E-state index in [0.29, 0.717) is 17.7 Å². The van der Waals surface area contributed by atoms with Crippen molar-refractivity contribution in [3.05, 3.63) is 60.2 Å². The Labute approximate surface area is 162 Å². The number of aromatic nitrogens is 2. The van der Waals surface area contributed by atoms with Crippen molar-refractivity contribution in [2.24, 2.45) is 0 Å². The van der Waals surface area contributed by atoms with Crippen LogP contribution in [0.4, 0.5) is 0 Å². The highest BCUT2D eigenvalue weighted by Gasteiger charge is 2.18. The molecule has 0 saturated carbocycles. The monoisotopic (exact) mass is 383 g/mol. The van der Waals surface area contributed by atoms with Gasteiger partial charge in [0, 0.05) is 12.1 Å². The third-order valence-electron chi connectivity index (χ3n) is 3.95. The summed E-state index contributed by atoms with van der Waals surface area (Å²) in [5.74, 6) is 1.21. The molecule has 27 heavy (non-hydrogen) atoms. The minimum Gasteiger partial charge on any atom is -0.497 e. The highest BCUT2D eigenvalue weighted by Crippen LogP contribution is 2.26. The Bertz CT molecular complexity index is 866. The van der Waals surface area contributed by atoms with E-state index in [1.807, 2.05) is 61.5 Å². The van der Waals surface area contributed by atoms with Crippen LogP contribution in [0.15, 0.2) is 64.2 Å². The highest BCUT2D eigenvalue weighted by molar-refractivity contribution is 8.00. The summed E-state index contributed by atoms with van der Waals surface area (Å²) in [4.78, 5) is 12.3. The first-order valence-electron chi connectivity index (χ1n) is 8.62. The standard InChI is InChI=1S/C20H21N3O3S/c1-14(18(24)21-13-12-15-8-10-17(25-2)11-9-15)27-20-23-22-19(26-20)16-6-4-3-5-7-16/h3-11,14H,12-13H2,1-2H3,(H,21,24)/t14-/m1/s1. The Hall–Kier alpha value is -2.80. The largest absolute Gasteiger partial charge is 0.497 e. The zero-order chi connectivity index (χ0) is 19.1. The van der Waals surface area contributed by atoms with Crippen molar-refractivity contribution >= 4 is 17.7 Å². The van der Waals surface area contributed by atoms with Crippen LogP contribution in [0.1, 0.15) is 12.5 Å². The highest BCUT2D eigenvalue weighted by atomic mass is 32.2. The predicted octanol–water partition coefficient (Wildman–Crippen LogP) is 3.58. The summed E-state index contributed by atoms with van der Waals surface area (Å²) < 4.78 is 10.8. The zero-order valence-corrected chi connectivity index (χ0v) is 16.0. The summed E-state index contributed by atoms with van der Waals surface area (Å²) in [5.41, 5.74) is 1.99. The first-order valence-corrected chi connectivity index (χ1v) is 9.50. The summed E-state index contributed by atoms with van der Waals surface area (Å²) in [6.45, 7) is 2.38. The van der Waals surface area contributed by atoms with Crippen molar-refractivity contribution in [3.8, 4) is 17.2 Å². The molecular weight excluding hydrogens is 362 g/mol. The first-order chi connectivity index (χ1) is 13.2. The van der Waals surface area contributed by atoms with E-state index in [-0.39, 0.29) is 11.2 Å². The lowest BCUT2D eigenvalue weighted by atomic mass is 10.1. The lowest BCUT2D eigenvalue weighted by Crippen LogP contribution is -2.32. The molecule has 0 radical (unpaired) electrons. The predicted molar refractivity (Wildman–Crippen MR) is 105 cm³/mol. The molecule has 7 heteroatoms. The van der Waals surface area contributed by atoms with Gasteiger partial charge in [-0.25, -0.2) is 0 Å². The van der Waals surface area contributed by atoms with E-state index in [9.17, 15) is 4.79 Å². The van der Waals surface area contributed by atoms with E-state index >= 15 is 0 Å². The quantitative estimate of drug-likeness (QED) is 0.599. The minimum absolute atomic E-state index is 0.0621.